The van der Waals surface area contributed by atoms with Crippen LogP contribution in [0.1, 0.15) is 27.7 Å². The van der Waals surface area contributed by atoms with Crippen LogP contribution in [-0.4, -0.2) is 30.5 Å². The molecule has 0 radical (unpaired) electrons. The third-order valence-corrected chi connectivity index (χ3v) is 5.44. The predicted molar refractivity (Wildman–Crippen MR) is 106 cm³/mol. The summed E-state index contributed by atoms with van der Waals surface area (Å²) in [5, 5.41) is 5.78. The summed E-state index contributed by atoms with van der Waals surface area (Å²) in [5.74, 6) is -0.651. The van der Waals surface area contributed by atoms with Crippen molar-refractivity contribution >= 4 is 30.4 Å². The van der Waals surface area contributed by atoms with Crippen LogP contribution in [0.4, 0.5) is 14.9 Å². The summed E-state index contributed by atoms with van der Waals surface area (Å²) in [5.41, 5.74) is -0.386. The molecule has 1 heterocycles. The van der Waals surface area contributed by atoms with Crippen LogP contribution < -0.4 is 10.6 Å². The standard InChI is InChI=1S/C19H23BClFN2O3/c1-18(2)19(3,4)27-20(26-18)14-6-5-7-15(16(14)22)24-17(25)23-13-10-8-12(21)9-11-13/h5-11,14,16H,1-4H3,(H2,23,24,25). The lowest BCUT2D eigenvalue weighted by molar-refractivity contribution is 0.00578. The van der Waals surface area contributed by atoms with E-state index < -0.39 is 36.3 Å². The van der Waals surface area contributed by atoms with Crippen molar-refractivity contribution in [2.24, 2.45) is 0 Å². The van der Waals surface area contributed by atoms with Crippen molar-refractivity contribution in [2.45, 2.75) is 50.9 Å². The van der Waals surface area contributed by atoms with Gasteiger partial charge >= 0.3 is 13.1 Å². The van der Waals surface area contributed by atoms with E-state index in [2.05, 4.69) is 10.6 Å². The normalized spacial score (nSPS) is 25.9. The minimum atomic E-state index is -1.46. The van der Waals surface area contributed by atoms with Crippen molar-refractivity contribution < 1.29 is 18.5 Å². The number of rotatable bonds is 3. The highest BCUT2D eigenvalue weighted by Crippen LogP contribution is 2.43. The highest BCUT2D eigenvalue weighted by molar-refractivity contribution is 6.48. The van der Waals surface area contributed by atoms with Crippen LogP contribution in [0.15, 0.2) is 48.2 Å². The molecule has 5 nitrogen and oxygen atoms in total. The van der Waals surface area contributed by atoms with Crippen LogP contribution in [0, 0.1) is 0 Å². The van der Waals surface area contributed by atoms with Gasteiger partial charge in [-0.25, -0.2) is 9.18 Å². The molecule has 2 N–H and O–H groups in total. The van der Waals surface area contributed by atoms with Crippen LogP contribution in [0.3, 0.4) is 0 Å². The van der Waals surface area contributed by atoms with Gasteiger partial charge in [-0.15, -0.1) is 0 Å². The average Bonchev–Trinajstić information content (AvgIpc) is 2.79. The van der Waals surface area contributed by atoms with E-state index in [1.165, 1.54) is 6.08 Å². The summed E-state index contributed by atoms with van der Waals surface area (Å²) in [6.45, 7) is 7.67. The molecule has 2 unspecified atom stereocenters. The third kappa shape index (κ3) is 4.20. The molecule has 1 aromatic carbocycles. The molecular weight excluding hydrogens is 369 g/mol. The zero-order valence-corrected chi connectivity index (χ0v) is 16.5. The van der Waals surface area contributed by atoms with Crippen LogP contribution >= 0.6 is 11.6 Å². The van der Waals surface area contributed by atoms with Gasteiger partial charge in [-0.2, -0.15) is 0 Å². The maximum absolute atomic E-state index is 15.1. The van der Waals surface area contributed by atoms with E-state index in [1.54, 1.807) is 36.4 Å². The highest BCUT2D eigenvalue weighted by Gasteiger charge is 2.55. The van der Waals surface area contributed by atoms with E-state index >= 15 is 4.39 Å². The maximum Gasteiger partial charge on any atom is 0.468 e. The lowest BCUT2D eigenvalue weighted by Crippen LogP contribution is -2.41. The second-order valence-corrected chi connectivity index (χ2v) is 8.13. The number of carbonyl (C=O) groups excluding carboxylic acids is 1. The molecule has 0 saturated carbocycles. The largest absolute Gasteiger partial charge is 0.468 e. The monoisotopic (exact) mass is 392 g/mol. The summed E-state index contributed by atoms with van der Waals surface area (Å²) in [7, 11) is -0.730. The van der Waals surface area contributed by atoms with Gasteiger partial charge in [0.1, 0.15) is 6.17 Å². The fourth-order valence-electron chi connectivity index (χ4n) is 2.90. The van der Waals surface area contributed by atoms with Gasteiger partial charge in [-0.05, 0) is 58.0 Å². The summed E-state index contributed by atoms with van der Waals surface area (Å²) in [6.07, 6.45) is 3.48. The number of hydrogen-bond donors (Lipinski definition) is 2. The summed E-state index contributed by atoms with van der Waals surface area (Å²) in [4.78, 5) is 12.2. The number of nitrogens with one attached hydrogen (secondary N) is 2. The first-order valence-corrected chi connectivity index (χ1v) is 9.18. The Hall–Kier alpha value is -1.83. The van der Waals surface area contributed by atoms with Gasteiger partial charge in [-0.1, -0.05) is 23.8 Å². The van der Waals surface area contributed by atoms with Gasteiger partial charge < -0.3 is 19.9 Å². The van der Waals surface area contributed by atoms with Crippen LogP contribution in [-0.2, 0) is 9.31 Å². The number of urea groups is 1. The molecule has 8 heteroatoms. The molecule has 1 saturated heterocycles. The molecule has 2 aliphatic rings. The number of amides is 2. The Kier molecular flexibility index (Phi) is 5.39. The minimum Gasteiger partial charge on any atom is -0.403 e. The molecule has 3 rings (SSSR count). The number of hydrogen-bond acceptors (Lipinski definition) is 3. The second kappa shape index (κ2) is 7.30. The first-order chi connectivity index (χ1) is 12.6. The maximum atomic E-state index is 15.1. The van der Waals surface area contributed by atoms with Gasteiger partial charge in [-0.3, -0.25) is 0 Å². The van der Waals surface area contributed by atoms with E-state index in [0.29, 0.717) is 10.7 Å². The van der Waals surface area contributed by atoms with Crippen LogP contribution in [0.25, 0.3) is 0 Å². The van der Waals surface area contributed by atoms with E-state index in [-0.39, 0.29) is 5.70 Å². The predicted octanol–water partition coefficient (Wildman–Crippen LogP) is 4.72. The zero-order chi connectivity index (χ0) is 19.8. The van der Waals surface area contributed by atoms with Gasteiger partial charge in [0.2, 0.25) is 0 Å². The van der Waals surface area contributed by atoms with Crippen molar-refractivity contribution in [1.82, 2.24) is 5.32 Å². The molecule has 27 heavy (non-hydrogen) atoms. The molecule has 0 bridgehead atoms. The number of benzene rings is 1. The topological polar surface area (TPSA) is 59.6 Å². The number of alkyl halides is 1. The Labute approximate surface area is 164 Å². The molecular formula is C19H23BClFN2O3. The summed E-state index contributed by atoms with van der Waals surface area (Å²) in [6, 6.07) is 6.11. The van der Waals surface area contributed by atoms with Crippen molar-refractivity contribution in [3.05, 3.63) is 53.2 Å². The lowest BCUT2D eigenvalue weighted by Gasteiger charge is -2.32. The number of anilines is 1. The van der Waals surface area contributed by atoms with Crippen molar-refractivity contribution in [3.63, 3.8) is 0 Å². The molecule has 1 fully saturated rings. The molecule has 1 aliphatic heterocycles. The Morgan fingerprint density at radius 2 is 1.70 bits per heavy atom. The first kappa shape index (κ1) is 19.9. The van der Waals surface area contributed by atoms with E-state index in [1.807, 2.05) is 27.7 Å². The fraction of sp³-hybridized carbons (Fsp3) is 0.421. The molecule has 1 aliphatic carbocycles. The highest BCUT2D eigenvalue weighted by atomic mass is 35.5. The van der Waals surface area contributed by atoms with Crippen molar-refractivity contribution in [3.8, 4) is 0 Å². The minimum absolute atomic E-state index is 0.156. The Bertz CT molecular complexity index is 764. The van der Waals surface area contributed by atoms with Crippen LogP contribution in [0.5, 0.6) is 0 Å². The zero-order valence-electron chi connectivity index (χ0n) is 15.8. The third-order valence-electron chi connectivity index (χ3n) is 5.19. The quantitative estimate of drug-likeness (QED) is 0.732. The van der Waals surface area contributed by atoms with Crippen LogP contribution in [0.2, 0.25) is 10.8 Å². The molecule has 1 aromatic rings. The second-order valence-electron chi connectivity index (χ2n) is 7.70. The van der Waals surface area contributed by atoms with E-state index in [4.69, 9.17) is 20.9 Å². The Balaban J connectivity index is 1.64. The molecule has 0 aromatic heterocycles. The van der Waals surface area contributed by atoms with Gasteiger partial charge in [0.05, 0.1) is 16.9 Å². The molecule has 2 amide bonds. The fourth-order valence-corrected chi connectivity index (χ4v) is 3.02. The lowest BCUT2D eigenvalue weighted by atomic mass is 9.67. The molecule has 144 valence electrons. The van der Waals surface area contributed by atoms with Crippen molar-refractivity contribution in [1.29, 1.82) is 0 Å². The first-order valence-electron chi connectivity index (χ1n) is 8.81. The molecule has 2 atom stereocenters. The molecule has 0 spiro atoms. The van der Waals surface area contributed by atoms with Gasteiger partial charge in [0.15, 0.2) is 0 Å². The number of halogens is 2. The Morgan fingerprint density at radius 3 is 2.30 bits per heavy atom. The number of allylic oxidation sites excluding steroid dienone is 4. The SMILES string of the molecule is CC1(C)OB(C2C=CC=C(NC(=O)Nc3ccc(Cl)cc3)C2F)OC1(C)C. The summed E-state index contributed by atoms with van der Waals surface area (Å²) >= 11 is 5.82. The van der Waals surface area contributed by atoms with Gasteiger partial charge in [0, 0.05) is 16.5 Å². The number of carbonyl (C=O) groups is 1. The van der Waals surface area contributed by atoms with E-state index in [0.717, 1.165) is 0 Å². The van der Waals surface area contributed by atoms with E-state index in [9.17, 15) is 4.79 Å². The summed E-state index contributed by atoms with van der Waals surface area (Å²) < 4.78 is 27.0. The Morgan fingerprint density at radius 1 is 1.11 bits per heavy atom. The van der Waals surface area contributed by atoms with Crippen molar-refractivity contribution in [2.75, 3.05) is 5.32 Å². The van der Waals surface area contributed by atoms with Gasteiger partial charge in [0.25, 0.3) is 0 Å². The average molecular weight is 393 g/mol. The smallest absolute Gasteiger partial charge is 0.403 e.